The summed E-state index contributed by atoms with van der Waals surface area (Å²) in [5.41, 5.74) is 2.53. The van der Waals surface area contributed by atoms with Crippen LogP contribution in [0.3, 0.4) is 0 Å². The number of hydrogen-bond donors (Lipinski definition) is 0. The highest BCUT2D eigenvalue weighted by molar-refractivity contribution is 8.00. The first kappa shape index (κ1) is 18.8. The van der Waals surface area contributed by atoms with Gasteiger partial charge in [0.05, 0.1) is 11.6 Å². The average molecular weight is 372 g/mol. The monoisotopic (exact) mass is 372 g/mol. The Morgan fingerprint density at radius 2 is 1.67 bits per heavy atom. The van der Waals surface area contributed by atoms with Gasteiger partial charge in [-0.2, -0.15) is 5.26 Å². The number of carbonyl (C=O) groups is 1. The number of nitrogens with zero attached hydrogens (tertiary/aromatic N) is 2. The maximum atomic E-state index is 13.2. The Morgan fingerprint density at radius 1 is 1.00 bits per heavy atom. The minimum absolute atomic E-state index is 0.0393. The standard InChI is InChI=1S/C23H20N2OS/c1-25(17-19-10-8-9-18(15-19)16-24)23(26)22(20-11-4-2-5-12-20)27-21-13-6-3-7-14-21/h2-15,22H,17H2,1H3/t22-/m0/s1. The van der Waals surface area contributed by atoms with E-state index in [1.807, 2.05) is 85.9 Å². The average Bonchev–Trinajstić information content (AvgIpc) is 2.73. The molecule has 0 spiro atoms. The highest BCUT2D eigenvalue weighted by Gasteiger charge is 2.25. The molecular formula is C23H20N2OS. The molecule has 0 saturated heterocycles. The van der Waals surface area contributed by atoms with Gasteiger partial charge < -0.3 is 4.90 Å². The zero-order valence-electron chi connectivity index (χ0n) is 15.1. The van der Waals surface area contributed by atoms with Gasteiger partial charge in [-0.15, -0.1) is 11.8 Å². The molecule has 0 radical (unpaired) electrons. The van der Waals surface area contributed by atoms with E-state index in [9.17, 15) is 4.79 Å². The number of amides is 1. The van der Waals surface area contributed by atoms with E-state index in [0.717, 1.165) is 16.0 Å². The summed E-state index contributed by atoms with van der Waals surface area (Å²) in [6.45, 7) is 0.465. The van der Waals surface area contributed by atoms with E-state index >= 15 is 0 Å². The third-order valence-corrected chi connectivity index (χ3v) is 5.43. The lowest BCUT2D eigenvalue weighted by atomic mass is 10.1. The van der Waals surface area contributed by atoms with Crippen molar-refractivity contribution in [1.82, 2.24) is 4.90 Å². The number of likely N-dealkylation sites (N-methyl/N-ethyl adjacent to an activating group) is 1. The summed E-state index contributed by atoms with van der Waals surface area (Å²) in [6.07, 6.45) is 0. The molecule has 3 nitrogen and oxygen atoms in total. The Balaban J connectivity index is 1.82. The van der Waals surface area contributed by atoms with Gasteiger partial charge in [0, 0.05) is 18.5 Å². The topological polar surface area (TPSA) is 44.1 Å². The van der Waals surface area contributed by atoms with E-state index in [0.29, 0.717) is 12.1 Å². The molecule has 4 heteroatoms. The first-order valence-corrected chi connectivity index (χ1v) is 9.56. The van der Waals surface area contributed by atoms with Crippen molar-refractivity contribution in [2.45, 2.75) is 16.7 Å². The summed E-state index contributed by atoms with van der Waals surface area (Å²) < 4.78 is 0. The number of carbonyl (C=O) groups excluding carboxylic acids is 1. The maximum Gasteiger partial charge on any atom is 0.240 e. The van der Waals surface area contributed by atoms with Gasteiger partial charge in [0.15, 0.2) is 0 Å². The lowest BCUT2D eigenvalue weighted by molar-refractivity contribution is -0.129. The Labute approximate surface area is 164 Å². The quantitative estimate of drug-likeness (QED) is 0.569. The Bertz CT molecular complexity index is 935. The van der Waals surface area contributed by atoms with Gasteiger partial charge in [0.1, 0.15) is 5.25 Å². The van der Waals surface area contributed by atoms with Crippen molar-refractivity contribution in [2.24, 2.45) is 0 Å². The molecule has 0 N–H and O–H groups in total. The molecule has 0 aliphatic carbocycles. The van der Waals surface area contributed by atoms with Crippen molar-refractivity contribution in [3.05, 3.63) is 102 Å². The van der Waals surface area contributed by atoms with Gasteiger partial charge in [0.25, 0.3) is 0 Å². The maximum absolute atomic E-state index is 13.2. The van der Waals surface area contributed by atoms with Crippen LogP contribution >= 0.6 is 11.8 Å². The molecule has 0 aromatic heterocycles. The molecule has 0 fully saturated rings. The second-order valence-electron chi connectivity index (χ2n) is 6.23. The van der Waals surface area contributed by atoms with Crippen LogP contribution in [0.4, 0.5) is 0 Å². The molecule has 0 aliphatic heterocycles. The molecule has 3 aromatic rings. The molecule has 0 saturated carbocycles. The predicted molar refractivity (Wildman–Crippen MR) is 109 cm³/mol. The normalized spacial score (nSPS) is 11.4. The van der Waals surface area contributed by atoms with Crippen LogP contribution in [-0.4, -0.2) is 17.9 Å². The van der Waals surface area contributed by atoms with E-state index in [2.05, 4.69) is 6.07 Å². The van der Waals surface area contributed by atoms with Crippen molar-refractivity contribution < 1.29 is 4.79 Å². The molecule has 1 atom stereocenters. The number of hydrogen-bond acceptors (Lipinski definition) is 3. The smallest absolute Gasteiger partial charge is 0.240 e. The highest BCUT2D eigenvalue weighted by atomic mass is 32.2. The van der Waals surface area contributed by atoms with Crippen LogP contribution in [0.15, 0.2) is 89.8 Å². The minimum atomic E-state index is -0.322. The fraction of sp³-hybridized carbons (Fsp3) is 0.130. The van der Waals surface area contributed by atoms with Crippen molar-refractivity contribution in [1.29, 1.82) is 5.26 Å². The van der Waals surface area contributed by atoms with Crippen molar-refractivity contribution in [3.8, 4) is 6.07 Å². The van der Waals surface area contributed by atoms with Crippen molar-refractivity contribution in [2.75, 3.05) is 7.05 Å². The van der Waals surface area contributed by atoms with Crippen LogP contribution in [0.2, 0.25) is 0 Å². The number of benzene rings is 3. The molecule has 0 bridgehead atoms. The zero-order valence-corrected chi connectivity index (χ0v) is 15.9. The predicted octanol–water partition coefficient (Wildman–Crippen LogP) is 5.05. The SMILES string of the molecule is CN(Cc1cccc(C#N)c1)C(=O)[C@@H](Sc1ccccc1)c1ccccc1. The van der Waals surface area contributed by atoms with Crippen LogP contribution in [0.5, 0.6) is 0 Å². The molecule has 0 aliphatic rings. The molecule has 27 heavy (non-hydrogen) atoms. The van der Waals surface area contributed by atoms with E-state index in [1.54, 1.807) is 22.7 Å². The van der Waals surface area contributed by atoms with Crippen LogP contribution in [0.25, 0.3) is 0 Å². The number of rotatable bonds is 6. The van der Waals surface area contributed by atoms with Crippen molar-refractivity contribution >= 4 is 17.7 Å². The van der Waals surface area contributed by atoms with Gasteiger partial charge in [-0.3, -0.25) is 4.79 Å². The number of nitriles is 1. The first-order chi connectivity index (χ1) is 13.2. The summed E-state index contributed by atoms with van der Waals surface area (Å²) in [4.78, 5) is 16.0. The third kappa shape index (κ3) is 4.99. The fourth-order valence-electron chi connectivity index (χ4n) is 2.82. The highest BCUT2D eigenvalue weighted by Crippen LogP contribution is 2.36. The number of thioether (sulfide) groups is 1. The van der Waals surface area contributed by atoms with Gasteiger partial charge in [0.2, 0.25) is 5.91 Å². The summed E-state index contributed by atoms with van der Waals surface area (Å²) in [5.74, 6) is 0.0393. The fourth-order valence-corrected chi connectivity index (χ4v) is 3.98. The van der Waals surface area contributed by atoms with E-state index < -0.39 is 0 Å². The molecule has 3 rings (SSSR count). The van der Waals surface area contributed by atoms with Crippen LogP contribution < -0.4 is 0 Å². The van der Waals surface area contributed by atoms with Gasteiger partial charge in [-0.25, -0.2) is 0 Å². The summed E-state index contributed by atoms with van der Waals surface area (Å²) in [5, 5.41) is 8.75. The molecule has 0 heterocycles. The van der Waals surface area contributed by atoms with Crippen LogP contribution in [-0.2, 0) is 11.3 Å². The summed E-state index contributed by atoms with van der Waals surface area (Å²) in [7, 11) is 1.81. The molecular weight excluding hydrogens is 352 g/mol. The van der Waals surface area contributed by atoms with E-state index in [-0.39, 0.29) is 11.2 Å². The Hall–Kier alpha value is -3.03. The van der Waals surface area contributed by atoms with E-state index in [1.165, 1.54) is 0 Å². The van der Waals surface area contributed by atoms with Crippen LogP contribution in [0, 0.1) is 11.3 Å². The molecule has 134 valence electrons. The second-order valence-corrected chi connectivity index (χ2v) is 7.41. The van der Waals surface area contributed by atoms with Crippen LogP contribution in [0.1, 0.15) is 21.9 Å². The first-order valence-electron chi connectivity index (χ1n) is 8.68. The Kier molecular flexibility index (Phi) is 6.30. The Morgan fingerprint density at radius 3 is 2.33 bits per heavy atom. The summed E-state index contributed by atoms with van der Waals surface area (Å²) >= 11 is 1.55. The largest absolute Gasteiger partial charge is 0.340 e. The van der Waals surface area contributed by atoms with Gasteiger partial charge in [-0.05, 0) is 35.4 Å². The summed E-state index contributed by atoms with van der Waals surface area (Å²) in [6, 6.07) is 29.3. The van der Waals surface area contributed by atoms with E-state index in [4.69, 9.17) is 5.26 Å². The lowest BCUT2D eigenvalue weighted by Crippen LogP contribution is -2.30. The third-order valence-electron chi connectivity index (χ3n) is 4.18. The molecule has 1 amide bonds. The van der Waals surface area contributed by atoms with Gasteiger partial charge >= 0.3 is 0 Å². The van der Waals surface area contributed by atoms with Crippen molar-refractivity contribution in [3.63, 3.8) is 0 Å². The zero-order chi connectivity index (χ0) is 19.1. The molecule has 3 aromatic carbocycles. The second kappa shape index (κ2) is 9.07. The molecule has 0 unspecified atom stereocenters. The lowest BCUT2D eigenvalue weighted by Gasteiger charge is -2.24. The minimum Gasteiger partial charge on any atom is -0.340 e. The van der Waals surface area contributed by atoms with Gasteiger partial charge in [-0.1, -0.05) is 60.7 Å².